The number of hydrogen-bond donors (Lipinski definition) is 1. The van der Waals surface area contributed by atoms with E-state index in [0.717, 1.165) is 11.1 Å². The molecule has 0 saturated carbocycles. The molecule has 2 unspecified atom stereocenters. The molecule has 1 fully saturated rings. The Morgan fingerprint density at radius 3 is 2.56 bits per heavy atom. The number of benzene rings is 2. The van der Waals surface area contributed by atoms with Crippen molar-refractivity contribution in [2.45, 2.75) is 25.9 Å². The Labute approximate surface area is 152 Å². The van der Waals surface area contributed by atoms with E-state index in [2.05, 4.69) is 5.32 Å². The van der Waals surface area contributed by atoms with Crippen molar-refractivity contribution in [1.82, 2.24) is 10.2 Å². The minimum absolute atomic E-state index is 0.0307. The molecule has 1 saturated heterocycles. The van der Waals surface area contributed by atoms with Gasteiger partial charge in [0.1, 0.15) is 0 Å². The van der Waals surface area contributed by atoms with Gasteiger partial charge in [-0.25, -0.2) is 0 Å². The van der Waals surface area contributed by atoms with Gasteiger partial charge in [0.05, 0.1) is 12.0 Å². The lowest BCUT2D eigenvalue weighted by Crippen LogP contribution is -2.34. The summed E-state index contributed by atoms with van der Waals surface area (Å²) in [6.45, 7) is 2.95. The van der Waals surface area contributed by atoms with E-state index in [-0.39, 0.29) is 30.2 Å². The molecule has 2 atom stereocenters. The fourth-order valence-corrected chi connectivity index (χ4v) is 3.20. The smallest absolute Gasteiger partial charge is 0.225 e. The van der Waals surface area contributed by atoms with Crippen LogP contribution in [0.3, 0.4) is 0 Å². The molecule has 1 aliphatic heterocycles. The Balaban J connectivity index is 1.58. The molecule has 5 heteroatoms. The average molecular weight is 357 g/mol. The summed E-state index contributed by atoms with van der Waals surface area (Å²) in [6.07, 6.45) is 0.270. The number of carbonyl (C=O) groups excluding carboxylic acids is 2. The molecular weight excluding hydrogens is 336 g/mol. The number of rotatable bonds is 5. The highest BCUT2D eigenvalue weighted by Gasteiger charge is 2.34. The first-order chi connectivity index (χ1) is 12.0. The van der Waals surface area contributed by atoms with Gasteiger partial charge in [0.25, 0.3) is 0 Å². The predicted molar refractivity (Wildman–Crippen MR) is 98.0 cm³/mol. The summed E-state index contributed by atoms with van der Waals surface area (Å²) in [5, 5.41) is 3.67. The largest absolute Gasteiger partial charge is 0.349 e. The number of halogens is 1. The highest BCUT2D eigenvalue weighted by atomic mass is 35.5. The van der Waals surface area contributed by atoms with Crippen molar-refractivity contribution in [3.63, 3.8) is 0 Å². The van der Waals surface area contributed by atoms with Gasteiger partial charge in [-0.2, -0.15) is 0 Å². The fraction of sp³-hybridized carbons (Fsp3) is 0.300. The van der Waals surface area contributed by atoms with Gasteiger partial charge >= 0.3 is 0 Å². The van der Waals surface area contributed by atoms with Crippen LogP contribution in [0.5, 0.6) is 0 Å². The number of nitrogens with zero attached hydrogens (tertiary/aromatic N) is 1. The molecule has 1 aliphatic rings. The molecule has 4 nitrogen and oxygen atoms in total. The second-order valence-electron chi connectivity index (χ2n) is 6.44. The minimum atomic E-state index is -0.300. The second-order valence-corrected chi connectivity index (χ2v) is 6.88. The second kappa shape index (κ2) is 7.70. The Bertz CT molecular complexity index is 746. The topological polar surface area (TPSA) is 49.4 Å². The van der Waals surface area contributed by atoms with Crippen molar-refractivity contribution in [3.8, 4) is 0 Å². The summed E-state index contributed by atoms with van der Waals surface area (Å²) < 4.78 is 0. The average Bonchev–Trinajstić information content (AvgIpc) is 2.97. The quantitative estimate of drug-likeness (QED) is 0.890. The first kappa shape index (κ1) is 17.5. The van der Waals surface area contributed by atoms with Crippen LogP contribution >= 0.6 is 11.6 Å². The van der Waals surface area contributed by atoms with E-state index >= 15 is 0 Å². The summed E-state index contributed by atoms with van der Waals surface area (Å²) in [5.74, 6) is -0.347. The zero-order chi connectivity index (χ0) is 17.8. The lowest BCUT2D eigenvalue weighted by molar-refractivity contribution is -0.129. The highest BCUT2D eigenvalue weighted by Crippen LogP contribution is 2.22. The van der Waals surface area contributed by atoms with Crippen LogP contribution < -0.4 is 5.32 Å². The van der Waals surface area contributed by atoms with Gasteiger partial charge in [0, 0.05) is 24.5 Å². The Morgan fingerprint density at radius 2 is 1.88 bits per heavy atom. The molecule has 25 heavy (non-hydrogen) atoms. The molecule has 1 heterocycles. The van der Waals surface area contributed by atoms with E-state index in [4.69, 9.17) is 11.6 Å². The van der Waals surface area contributed by atoms with Crippen molar-refractivity contribution in [3.05, 3.63) is 70.7 Å². The monoisotopic (exact) mass is 356 g/mol. The van der Waals surface area contributed by atoms with Gasteiger partial charge in [0.2, 0.25) is 11.8 Å². The van der Waals surface area contributed by atoms with E-state index < -0.39 is 0 Å². The maximum atomic E-state index is 12.5. The van der Waals surface area contributed by atoms with Gasteiger partial charge in [0.15, 0.2) is 0 Å². The summed E-state index contributed by atoms with van der Waals surface area (Å²) in [7, 11) is 0. The Hall–Kier alpha value is -2.33. The van der Waals surface area contributed by atoms with Crippen molar-refractivity contribution in [2.75, 3.05) is 6.54 Å². The number of carbonyl (C=O) groups is 2. The zero-order valence-corrected chi connectivity index (χ0v) is 14.9. The van der Waals surface area contributed by atoms with Crippen LogP contribution in [0, 0.1) is 5.92 Å². The normalized spacial score (nSPS) is 18.2. The lowest BCUT2D eigenvalue weighted by atomic mass is 10.1. The number of likely N-dealkylation sites (tertiary alicyclic amines) is 1. The third-order valence-corrected chi connectivity index (χ3v) is 4.78. The maximum absolute atomic E-state index is 12.5. The summed E-state index contributed by atoms with van der Waals surface area (Å²) in [4.78, 5) is 26.5. The van der Waals surface area contributed by atoms with E-state index in [1.165, 1.54) is 0 Å². The molecule has 130 valence electrons. The summed E-state index contributed by atoms with van der Waals surface area (Å²) >= 11 is 5.89. The number of hydrogen-bond acceptors (Lipinski definition) is 2. The van der Waals surface area contributed by atoms with Crippen LogP contribution in [0.4, 0.5) is 0 Å². The van der Waals surface area contributed by atoms with Gasteiger partial charge < -0.3 is 10.2 Å². The SMILES string of the molecule is CC(NC(=O)C1CC(=O)N(Cc2ccccc2)C1)c1ccc(Cl)cc1. The molecule has 2 aromatic rings. The molecule has 0 spiro atoms. The van der Waals surface area contributed by atoms with Crippen LogP contribution in [-0.2, 0) is 16.1 Å². The van der Waals surface area contributed by atoms with Gasteiger partial charge in [-0.3, -0.25) is 9.59 Å². The molecular formula is C20H21ClN2O2. The Kier molecular flexibility index (Phi) is 5.39. The molecule has 2 aromatic carbocycles. The molecule has 1 N–H and O–H groups in total. The van der Waals surface area contributed by atoms with Crippen LogP contribution in [0.2, 0.25) is 5.02 Å². The molecule has 3 rings (SSSR count). The van der Waals surface area contributed by atoms with E-state index in [1.807, 2.05) is 49.4 Å². The van der Waals surface area contributed by atoms with Crippen molar-refractivity contribution in [2.24, 2.45) is 5.92 Å². The Morgan fingerprint density at radius 1 is 1.20 bits per heavy atom. The van der Waals surface area contributed by atoms with E-state index in [0.29, 0.717) is 18.1 Å². The molecule has 0 bridgehead atoms. The van der Waals surface area contributed by atoms with E-state index in [1.54, 1.807) is 17.0 Å². The molecule has 0 aromatic heterocycles. The highest BCUT2D eigenvalue weighted by molar-refractivity contribution is 6.30. The third-order valence-electron chi connectivity index (χ3n) is 4.53. The van der Waals surface area contributed by atoms with Gasteiger partial charge in [-0.05, 0) is 30.2 Å². The lowest BCUT2D eigenvalue weighted by Gasteiger charge is -2.19. The molecule has 0 radical (unpaired) electrons. The maximum Gasteiger partial charge on any atom is 0.225 e. The summed E-state index contributed by atoms with van der Waals surface area (Å²) in [6, 6.07) is 17.1. The van der Waals surface area contributed by atoms with Crippen LogP contribution in [-0.4, -0.2) is 23.3 Å². The first-order valence-corrected chi connectivity index (χ1v) is 8.78. The van der Waals surface area contributed by atoms with E-state index in [9.17, 15) is 9.59 Å². The van der Waals surface area contributed by atoms with Crippen LogP contribution in [0.25, 0.3) is 0 Å². The first-order valence-electron chi connectivity index (χ1n) is 8.40. The molecule has 2 amide bonds. The predicted octanol–water partition coefficient (Wildman–Crippen LogP) is 3.57. The molecule has 0 aliphatic carbocycles. The third kappa shape index (κ3) is 4.40. The number of amides is 2. The van der Waals surface area contributed by atoms with Crippen molar-refractivity contribution >= 4 is 23.4 Å². The number of nitrogens with one attached hydrogen (secondary N) is 1. The fourth-order valence-electron chi connectivity index (χ4n) is 3.07. The van der Waals surface area contributed by atoms with Gasteiger partial charge in [-0.15, -0.1) is 0 Å². The minimum Gasteiger partial charge on any atom is -0.349 e. The van der Waals surface area contributed by atoms with Crippen molar-refractivity contribution < 1.29 is 9.59 Å². The summed E-state index contributed by atoms with van der Waals surface area (Å²) in [5.41, 5.74) is 2.06. The van der Waals surface area contributed by atoms with Gasteiger partial charge in [-0.1, -0.05) is 54.1 Å². The zero-order valence-electron chi connectivity index (χ0n) is 14.1. The van der Waals surface area contributed by atoms with Crippen molar-refractivity contribution in [1.29, 1.82) is 0 Å². The standard InChI is InChI=1S/C20H21ClN2O2/c1-14(16-7-9-18(21)10-8-16)22-20(25)17-11-19(24)23(13-17)12-15-5-3-2-4-6-15/h2-10,14,17H,11-13H2,1H3,(H,22,25). The van der Waals surface area contributed by atoms with Crippen LogP contribution in [0.1, 0.15) is 30.5 Å². The van der Waals surface area contributed by atoms with Crippen LogP contribution in [0.15, 0.2) is 54.6 Å².